The summed E-state index contributed by atoms with van der Waals surface area (Å²) in [4.78, 5) is 20.9. The lowest BCUT2D eigenvalue weighted by Crippen LogP contribution is -2.02. The number of fused-ring (bicyclic) bond motifs is 1. The Kier molecular flexibility index (Phi) is 2.64. The van der Waals surface area contributed by atoms with E-state index in [0.717, 1.165) is 16.6 Å². The summed E-state index contributed by atoms with van der Waals surface area (Å²) < 4.78 is 0. The van der Waals surface area contributed by atoms with Crippen LogP contribution in [0, 0.1) is 0 Å². The van der Waals surface area contributed by atoms with Crippen molar-refractivity contribution in [1.29, 1.82) is 0 Å². The largest absolute Gasteiger partial charge is 0.481 e. The average Bonchev–Trinajstić information content (AvgIpc) is 2.61. The van der Waals surface area contributed by atoms with E-state index >= 15 is 0 Å². The lowest BCUT2D eigenvalue weighted by atomic mass is 10.2. The molecule has 15 heavy (non-hydrogen) atoms. The van der Waals surface area contributed by atoms with Crippen molar-refractivity contribution in [3.8, 4) is 0 Å². The number of aryl methyl sites for hydroxylation is 1. The van der Waals surface area contributed by atoms with Gasteiger partial charge in [-0.2, -0.15) is 0 Å². The van der Waals surface area contributed by atoms with Crippen LogP contribution in [0.4, 0.5) is 0 Å². The Hall–Kier alpha value is -1.49. The zero-order valence-corrected chi connectivity index (χ0v) is 9.04. The molecule has 2 rings (SSSR count). The minimum absolute atomic E-state index is 0.0428. The maximum Gasteiger partial charge on any atom is 0.309 e. The summed E-state index contributed by atoms with van der Waals surface area (Å²) in [7, 11) is 0. The van der Waals surface area contributed by atoms with E-state index in [4.69, 9.17) is 5.11 Å². The molecule has 2 aromatic heterocycles. The van der Waals surface area contributed by atoms with Gasteiger partial charge in [0.2, 0.25) is 0 Å². The highest BCUT2D eigenvalue weighted by Crippen LogP contribution is 2.25. The maximum absolute atomic E-state index is 10.6. The number of carboxylic acids is 1. The first-order valence-corrected chi connectivity index (χ1v) is 5.46. The van der Waals surface area contributed by atoms with Crippen LogP contribution in [0.1, 0.15) is 17.5 Å². The molecule has 0 unspecified atom stereocenters. The Morgan fingerprint density at radius 3 is 3.00 bits per heavy atom. The number of hydrogen-bond donors (Lipinski definition) is 1. The second-order valence-corrected chi connectivity index (χ2v) is 4.29. The van der Waals surface area contributed by atoms with Crippen LogP contribution in [-0.4, -0.2) is 21.0 Å². The fourth-order valence-electron chi connectivity index (χ4n) is 1.41. The maximum atomic E-state index is 10.6. The molecule has 0 radical (unpaired) electrons. The van der Waals surface area contributed by atoms with Crippen molar-refractivity contribution in [3.63, 3.8) is 0 Å². The second kappa shape index (κ2) is 3.94. The van der Waals surface area contributed by atoms with E-state index in [1.54, 1.807) is 11.3 Å². The zero-order valence-electron chi connectivity index (χ0n) is 8.23. The fourth-order valence-corrected chi connectivity index (χ4v) is 2.37. The van der Waals surface area contributed by atoms with Crippen LogP contribution < -0.4 is 0 Å². The second-order valence-electron chi connectivity index (χ2n) is 3.18. The number of carboxylic acid groups (broad SMARTS) is 1. The molecular formula is C10H10N2O2S. The van der Waals surface area contributed by atoms with Crippen LogP contribution in [0.5, 0.6) is 0 Å². The van der Waals surface area contributed by atoms with Crippen LogP contribution in [0.15, 0.2) is 12.4 Å². The summed E-state index contributed by atoms with van der Waals surface area (Å²) in [5.41, 5.74) is 0.600. The quantitative estimate of drug-likeness (QED) is 0.861. The normalized spacial score (nSPS) is 10.7. The van der Waals surface area contributed by atoms with Gasteiger partial charge in [-0.25, -0.2) is 9.97 Å². The molecule has 0 amide bonds. The van der Waals surface area contributed by atoms with Crippen molar-refractivity contribution in [2.75, 3.05) is 0 Å². The smallest absolute Gasteiger partial charge is 0.309 e. The Labute approximate surface area is 90.6 Å². The third kappa shape index (κ3) is 1.97. The van der Waals surface area contributed by atoms with Gasteiger partial charge in [0.25, 0.3) is 0 Å². The van der Waals surface area contributed by atoms with Crippen LogP contribution in [0.2, 0.25) is 0 Å². The number of aliphatic carboxylic acids is 1. The molecule has 0 fully saturated rings. The van der Waals surface area contributed by atoms with Gasteiger partial charge in [0.05, 0.1) is 12.1 Å². The van der Waals surface area contributed by atoms with Gasteiger partial charge >= 0.3 is 5.97 Å². The summed E-state index contributed by atoms with van der Waals surface area (Å²) in [5, 5.41) is 9.61. The molecule has 0 atom stereocenters. The van der Waals surface area contributed by atoms with E-state index < -0.39 is 5.97 Å². The first-order valence-electron chi connectivity index (χ1n) is 4.64. The fraction of sp³-hybridized carbons (Fsp3) is 0.300. The highest BCUT2D eigenvalue weighted by Gasteiger charge is 2.10. The molecule has 1 N–H and O–H groups in total. The zero-order chi connectivity index (χ0) is 10.8. The van der Waals surface area contributed by atoms with Crippen molar-refractivity contribution >= 4 is 27.5 Å². The standard InChI is InChI=1S/C10H10N2O2S/c1-2-6-3-7-8(4-9(13)14)11-5-12-10(7)15-6/h3,5H,2,4H2,1H3,(H,13,14). The SMILES string of the molecule is CCc1cc2c(CC(=O)O)ncnc2s1. The van der Waals surface area contributed by atoms with E-state index in [-0.39, 0.29) is 6.42 Å². The number of carbonyl (C=O) groups is 1. The van der Waals surface area contributed by atoms with E-state index in [1.807, 2.05) is 6.07 Å². The molecule has 0 saturated heterocycles. The van der Waals surface area contributed by atoms with Gasteiger partial charge in [0.15, 0.2) is 0 Å². The lowest BCUT2D eigenvalue weighted by molar-refractivity contribution is -0.136. The summed E-state index contributed by atoms with van der Waals surface area (Å²) in [6.07, 6.45) is 2.32. The summed E-state index contributed by atoms with van der Waals surface area (Å²) in [5.74, 6) is -0.862. The molecule has 0 aliphatic rings. The van der Waals surface area contributed by atoms with E-state index in [0.29, 0.717) is 5.69 Å². The van der Waals surface area contributed by atoms with Gasteiger partial charge in [-0.15, -0.1) is 11.3 Å². The van der Waals surface area contributed by atoms with Crippen molar-refractivity contribution in [1.82, 2.24) is 9.97 Å². The van der Waals surface area contributed by atoms with Crippen molar-refractivity contribution in [2.45, 2.75) is 19.8 Å². The Bertz CT molecular complexity index is 507. The van der Waals surface area contributed by atoms with E-state index in [2.05, 4.69) is 16.9 Å². The molecule has 2 heterocycles. The predicted molar refractivity (Wildman–Crippen MR) is 58.1 cm³/mol. The van der Waals surface area contributed by atoms with Crippen molar-refractivity contribution < 1.29 is 9.90 Å². The van der Waals surface area contributed by atoms with E-state index in [1.165, 1.54) is 11.2 Å². The minimum atomic E-state index is -0.862. The van der Waals surface area contributed by atoms with Gasteiger partial charge in [-0.05, 0) is 12.5 Å². The summed E-state index contributed by atoms with van der Waals surface area (Å²) >= 11 is 1.59. The molecule has 0 aromatic carbocycles. The molecule has 0 saturated carbocycles. The van der Waals surface area contributed by atoms with Gasteiger partial charge in [-0.3, -0.25) is 4.79 Å². The molecular weight excluding hydrogens is 212 g/mol. The Morgan fingerprint density at radius 1 is 1.53 bits per heavy atom. The third-order valence-corrected chi connectivity index (χ3v) is 3.32. The average molecular weight is 222 g/mol. The molecule has 0 bridgehead atoms. The van der Waals surface area contributed by atoms with Gasteiger partial charge in [-0.1, -0.05) is 6.92 Å². The highest BCUT2D eigenvalue weighted by molar-refractivity contribution is 7.18. The van der Waals surface area contributed by atoms with Crippen LogP contribution in [0.3, 0.4) is 0 Å². The van der Waals surface area contributed by atoms with Gasteiger partial charge in [0.1, 0.15) is 11.2 Å². The van der Waals surface area contributed by atoms with Crippen LogP contribution in [-0.2, 0) is 17.6 Å². The van der Waals surface area contributed by atoms with Crippen LogP contribution >= 0.6 is 11.3 Å². The van der Waals surface area contributed by atoms with Gasteiger partial charge < -0.3 is 5.11 Å². The number of thiophene rings is 1. The first-order chi connectivity index (χ1) is 7.20. The monoisotopic (exact) mass is 222 g/mol. The topological polar surface area (TPSA) is 63.1 Å². The molecule has 5 heteroatoms. The number of rotatable bonds is 3. The Morgan fingerprint density at radius 2 is 2.33 bits per heavy atom. The minimum Gasteiger partial charge on any atom is -0.481 e. The molecule has 78 valence electrons. The number of aromatic nitrogens is 2. The van der Waals surface area contributed by atoms with E-state index in [9.17, 15) is 4.79 Å². The van der Waals surface area contributed by atoms with Crippen molar-refractivity contribution in [3.05, 3.63) is 23.0 Å². The third-order valence-electron chi connectivity index (χ3n) is 2.13. The van der Waals surface area contributed by atoms with Gasteiger partial charge in [0, 0.05) is 10.3 Å². The molecule has 0 aliphatic carbocycles. The molecule has 0 aliphatic heterocycles. The Balaban J connectivity index is 2.54. The molecule has 0 spiro atoms. The highest BCUT2D eigenvalue weighted by atomic mass is 32.1. The summed E-state index contributed by atoms with van der Waals surface area (Å²) in [6, 6.07) is 1.98. The summed E-state index contributed by atoms with van der Waals surface area (Å²) in [6.45, 7) is 2.06. The van der Waals surface area contributed by atoms with Crippen LogP contribution in [0.25, 0.3) is 10.2 Å². The molecule has 4 nitrogen and oxygen atoms in total. The predicted octanol–water partition coefficient (Wildman–Crippen LogP) is 1.88. The number of hydrogen-bond acceptors (Lipinski definition) is 4. The van der Waals surface area contributed by atoms with Crippen molar-refractivity contribution in [2.24, 2.45) is 0 Å². The lowest BCUT2D eigenvalue weighted by Gasteiger charge is -1.96. The number of nitrogens with zero attached hydrogens (tertiary/aromatic N) is 2. The molecule has 2 aromatic rings. The first kappa shape index (κ1) is 10.0.